The molecule has 0 spiro atoms. The van der Waals surface area contributed by atoms with Crippen LogP contribution < -0.4 is 0 Å². The van der Waals surface area contributed by atoms with Gasteiger partial charge in [0.2, 0.25) is 0 Å². The van der Waals surface area contributed by atoms with E-state index < -0.39 is 18.2 Å². The van der Waals surface area contributed by atoms with Crippen LogP contribution in [-0.2, 0) is 0 Å². The van der Waals surface area contributed by atoms with E-state index in [1.165, 1.54) is 11.3 Å². The highest BCUT2D eigenvalue weighted by molar-refractivity contribution is 7.10. The van der Waals surface area contributed by atoms with E-state index in [4.69, 9.17) is 11.6 Å². The van der Waals surface area contributed by atoms with Crippen molar-refractivity contribution < 1.29 is 18.3 Å². The zero-order valence-corrected chi connectivity index (χ0v) is 11.2. The van der Waals surface area contributed by atoms with Crippen molar-refractivity contribution in [2.24, 2.45) is 11.8 Å². The third-order valence-electron chi connectivity index (χ3n) is 3.59. The lowest BCUT2D eigenvalue weighted by molar-refractivity contribution is -0.185. The van der Waals surface area contributed by atoms with Crippen molar-refractivity contribution in [1.29, 1.82) is 0 Å². The van der Waals surface area contributed by atoms with Gasteiger partial charge in [-0.1, -0.05) is 11.6 Å². The third kappa shape index (κ3) is 3.00. The monoisotopic (exact) mass is 298 g/mol. The van der Waals surface area contributed by atoms with E-state index in [2.05, 4.69) is 0 Å². The number of rotatable bonds is 2. The molecule has 18 heavy (non-hydrogen) atoms. The second kappa shape index (κ2) is 5.39. The Morgan fingerprint density at radius 3 is 2.33 bits per heavy atom. The van der Waals surface area contributed by atoms with Crippen LogP contribution in [0.15, 0.2) is 11.4 Å². The van der Waals surface area contributed by atoms with Crippen LogP contribution in [0.5, 0.6) is 0 Å². The molecule has 2 rings (SSSR count). The Bertz CT molecular complexity index is 396. The molecule has 0 amide bonds. The second-order valence-corrected chi connectivity index (χ2v) is 6.09. The summed E-state index contributed by atoms with van der Waals surface area (Å²) < 4.78 is 37.6. The Labute approximate surface area is 113 Å². The number of thiophene rings is 1. The van der Waals surface area contributed by atoms with Gasteiger partial charge in [-0.05, 0) is 43.0 Å². The van der Waals surface area contributed by atoms with Gasteiger partial charge in [0.25, 0.3) is 0 Å². The minimum Gasteiger partial charge on any atom is -0.387 e. The van der Waals surface area contributed by atoms with E-state index in [0.29, 0.717) is 22.7 Å². The molecule has 0 aliphatic heterocycles. The van der Waals surface area contributed by atoms with Crippen molar-refractivity contribution in [2.45, 2.75) is 38.0 Å². The van der Waals surface area contributed by atoms with E-state index >= 15 is 0 Å². The molecule has 1 unspecified atom stereocenters. The molecule has 6 heteroatoms. The molecule has 1 aromatic rings. The first-order valence-electron chi connectivity index (χ1n) is 5.87. The summed E-state index contributed by atoms with van der Waals surface area (Å²) in [6.07, 6.45) is -3.82. The summed E-state index contributed by atoms with van der Waals surface area (Å²) in [4.78, 5) is 0.673. The summed E-state index contributed by atoms with van der Waals surface area (Å²) in [6.45, 7) is 0. The maximum absolute atomic E-state index is 12.5. The van der Waals surface area contributed by atoms with Crippen molar-refractivity contribution in [3.05, 3.63) is 21.3 Å². The zero-order chi connectivity index (χ0) is 13.3. The van der Waals surface area contributed by atoms with Crippen LogP contribution in [0, 0.1) is 11.8 Å². The quantitative estimate of drug-likeness (QED) is 0.831. The molecule has 1 aliphatic carbocycles. The first kappa shape index (κ1) is 14.2. The highest BCUT2D eigenvalue weighted by atomic mass is 35.5. The molecule has 102 valence electrons. The molecule has 1 nitrogen and oxygen atoms in total. The molecule has 1 atom stereocenters. The van der Waals surface area contributed by atoms with Gasteiger partial charge in [-0.15, -0.1) is 11.3 Å². The van der Waals surface area contributed by atoms with Gasteiger partial charge in [-0.25, -0.2) is 0 Å². The maximum atomic E-state index is 12.5. The highest BCUT2D eigenvalue weighted by Gasteiger charge is 2.42. The lowest BCUT2D eigenvalue weighted by Gasteiger charge is -2.32. The predicted octanol–water partition coefficient (Wildman–Crippen LogP) is 4.80. The topological polar surface area (TPSA) is 20.2 Å². The fraction of sp³-hybridized carbons (Fsp3) is 0.667. The van der Waals surface area contributed by atoms with Crippen LogP contribution >= 0.6 is 22.9 Å². The Kier molecular flexibility index (Phi) is 4.24. The van der Waals surface area contributed by atoms with Crippen LogP contribution in [0.25, 0.3) is 0 Å². The average Bonchev–Trinajstić information content (AvgIpc) is 2.73. The van der Waals surface area contributed by atoms with Crippen LogP contribution in [0.3, 0.4) is 0 Å². The first-order valence-corrected chi connectivity index (χ1v) is 7.13. The number of hydrogen-bond donors (Lipinski definition) is 1. The molecule has 1 fully saturated rings. The van der Waals surface area contributed by atoms with Crippen LogP contribution in [0.1, 0.15) is 36.7 Å². The zero-order valence-electron chi connectivity index (χ0n) is 9.58. The smallest absolute Gasteiger partial charge is 0.387 e. The second-order valence-electron chi connectivity index (χ2n) is 4.73. The van der Waals surface area contributed by atoms with Crippen LogP contribution in [-0.4, -0.2) is 11.3 Å². The summed E-state index contributed by atoms with van der Waals surface area (Å²) >= 11 is 7.28. The Morgan fingerprint density at radius 1 is 1.28 bits per heavy atom. The number of aliphatic hydroxyl groups is 1. The third-order valence-corrected chi connectivity index (χ3v) is 5.02. The summed E-state index contributed by atoms with van der Waals surface area (Å²) in [5, 5.41) is 12.4. The summed E-state index contributed by atoms with van der Waals surface area (Å²) in [5.41, 5.74) is 0. The van der Waals surface area contributed by atoms with Crippen molar-refractivity contribution in [1.82, 2.24) is 0 Å². The summed E-state index contributed by atoms with van der Waals surface area (Å²) in [7, 11) is 0. The summed E-state index contributed by atoms with van der Waals surface area (Å²) in [5.74, 6) is -1.32. The van der Waals surface area contributed by atoms with Crippen LogP contribution in [0.4, 0.5) is 13.2 Å². The molecule has 1 heterocycles. The fourth-order valence-electron chi connectivity index (χ4n) is 2.49. The van der Waals surface area contributed by atoms with Crippen molar-refractivity contribution in [3.63, 3.8) is 0 Å². The molecule has 0 bridgehead atoms. The normalized spacial score (nSPS) is 27.2. The standard InChI is InChI=1S/C12H14ClF3OS/c13-9-5-6-18-11(9)10(17)7-1-3-8(4-2-7)12(14,15)16/h5-8,10,17H,1-4H2. The largest absolute Gasteiger partial charge is 0.391 e. The molecule has 1 aliphatic rings. The molecule has 0 saturated heterocycles. The lowest BCUT2D eigenvalue weighted by atomic mass is 9.79. The summed E-state index contributed by atoms with van der Waals surface area (Å²) in [6, 6.07) is 1.70. The Balaban J connectivity index is 1.96. The van der Waals surface area contributed by atoms with E-state index in [0.717, 1.165) is 0 Å². The minimum absolute atomic E-state index is 0.105. The fourth-order valence-corrected chi connectivity index (χ4v) is 3.74. The van der Waals surface area contributed by atoms with Crippen molar-refractivity contribution >= 4 is 22.9 Å². The van der Waals surface area contributed by atoms with Gasteiger partial charge in [-0.3, -0.25) is 0 Å². The minimum atomic E-state index is -4.10. The molecule has 0 radical (unpaired) electrons. The number of aliphatic hydroxyl groups excluding tert-OH is 1. The highest BCUT2D eigenvalue weighted by Crippen LogP contribution is 2.44. The van der Waals surface area contributed by atoms with Gasteiger partial charge in [0.15, 0.2) is 0 Å². The van der Waals surface area contributed by atoms with E-state index in [1.807, 2.05) is 0 Å². The average molecular weight is 299 g/mol. The Morgan fingerprint density at radius 2 is 1.89 bits per heavy atom. The maximum Gasteiger partial charge on any atom is 0.391 e. The van der Waals surface area contributed by atoms with Crippen LogP contribution in [0.2, 0.25) is 5.02 Å². The predicted molar refractivity (Wildman–Crippen MR) is 65.8 cm³/mol. The van der Waals surface area contributed by atoms with E-state index in [1.54, 1.807) is 11.4 Å². The van der Waals surface area contributed by atoms with Gasteiger partial charge in [0.1, 0.15) is 0 Å². The van der Waals surface area contributed by atoms with Gasteiger partial charge in [0.05, 0.1) is 21.9 Å². The first-order chi connectivity index (χ1) is 8.39. The molecule has 1 saturated carbocycles. The number of alkyl halides is 3. The lowest BCUT2D eigenvalue weighted by Crippen LogP contribution is -2.29. The molecular formula is C12H14ClF3OS. The molecule has 0 aromatic carbocycles. The van der Waals surface area contributed by atoms with E-state index in [9.17, 15) is 18.3 Å². The van der Waals surface area contributed by atoms with Gasteiger partial charge in [0, 0.05) is 0 Å². The van der Waals surface area contributed by atoms with Crippen molar-refractivity contribution in [2.75, 3.05) is 0 Å². The SMILES string of the molecule is OC(c1sccc1Cl)C1CCC(C(F)(F)F)CC1. The van der Waals surface area contributed by atoms with Gasteiger partial charge < -0.3 is 5.11 Å². The molecule has 1 N–H and O–H groups in total. The van der Waals surface area contributed by atoms with Crippen molar-refractivity contribution in [3.8, 4) is 0 Å². The Hall–Kier alpha value is -0.260. The number of halogens is 4. The van der Waals surface area contributed by atoms with E-state index in [-0.39, 0.29) is 18.8 Å². The molecular weight excluding hydrogens is 285 g/mol. The molecule has 1 aromatic heterocycles. The van der Waals surface area contributed by atoms with Gasteiger partial charge in [-0.2, -0.15) is 13.2 Å². The van der Waals surface area contributed by atoms with Gasteiger partial charge >= 0.3 is 6.18 Å². The number of hydrogen-bond acceptors (Lipinski definition) is 2.